The summed E-state index contributed by atoms with van der Waals surface area (Å²) in [6, 6.07) is 12.0. The van der Waals surface area contributed by atoms with Crippen LogP contribution in [0, 0.1) is 18.7 Å². The van der Waals surface area contributed by atoms with E-state index in [-0.39, 0.29) is 12.4 Å². The van der Waals surface area contributed by atoms with Crippen LogP contribution in [0.5, 0.6) is 5.75 Å². The highest BCUT2D eigenvalue weighted by molar-refractivity contribution is 5.92. The lowest BCUT2D eigenvalue weighted by molar-refractivity contribution is -0.138. The van der Waals surface area contributed by atoms with Crippen LogP contribution in [0.1, 0.15) is 36.2 Å². The quantitative estimate of drug-likeness (QED) is 0.224. The van der Waals surface area contributed by atoms with Gasteiger partial charge in [0.25, 0.3) is 0 Å². The number of nitrogen functional groups attached to an aromatic ring is 1. The summed E-state index contributed by atoms with van der Waals surface area (Å²) in [7, 11) is 0. The Morgan fingerprint density at radius 3 is 2.69 bits per heavy atom. The molecule has 0 radical (unpaired) electrons. The van der Waals surface area contributed by atoms with Gasteiger partial charge in [0.05, 0.1) is 29.1 Å². The van der Waals surface area contributed by atoms with E-state index in [0.29, 0.717) is 49.3 Å². The van der Waals surface area contributed by atoms with E-state index in [4.69, 9.17) is 15.6 Å². The molecule has 0 amide bonds. The summed E-state index contributed by atoms with van der Waals surface area (Å²) in [6.07, 6.45) is -3.59. The number of benzene rings is 2. The highest BCUT2D eigenvalue weighted by Gasteiger charge is 2.34. The minimum absolute atomic E-state index is 0.140. The van der Waals surface area contributed by atoms with Crippen molar-refractivity contribution in [3.63, 3.8) is 0 Å². The summed E-state index contributed by atoms with van der Waals surface area (Å²) in [5.74, 6) is 0.147. The van der Waals surface area contributed by atoms with Gasteiger partial charge in [0.1, 0.15) is 11.4 Å². The Balaban J connectivity index is 1.51. The zero-order valence-electron chi connectivity index (χ0n) is 23.3. The van der Waals surface area contributed by atoms with Gasteiger partial charge in [-0.1, -0.05) is 32.0 Å². The first kappa shape index (κ1) is 27.6. The predicted molar refractivity (Wildman–Crippen MR) is 152 cm³/mol. The minimum Gasteiger partial charge on any atom is -0.491 e. The molecule has 0 saturated carbocycles. The molecule has 0 fully saturated rings. The molecule has 0 saturated heterocycles. The number of nitrogens with one attached hydrogen (secondary N) is 1. The third-order valence-electron chi connectivity index (χ3n) is 7.33. The van der Waals surface area contributed by atoms with E-state index in [0.717, 1.165) is 44.7 Å². The molecule has 0 atom stereocenters. The molecule has 0 bridgehead atoms. The summed E-state index contributed by atoms with van der Waals surface area (Å²) >= 11 is 0. The molecule has 218 valence electrons. The van der Waals surface area contributed by atoms with E-state index in [9.17, 15) is 13.2 Å². The molecular formula is C30H29F4N7O. The maximum Gasteiger partial charge on any atom is 0.417 e. The van der Waals surface area contributed by atoms with Crippen molar-refractivity contribution in [2.45, 2.75) is 39.9 Å². The molecule has 2 aromatic carbocycles. The van der Waals surface area contributed by atoms with Crippen LogP contribution in [0.4, 0.5) is 29.2 Å². The number of aromatic amines is 1. The molecular weight excluding hydrogens is 550 g/mol. The zero-order valence-corrected chi connectivity index (χ0v) is 23.3. The van der Waals surface area contributed by atoms with Crippen molar-refractivity contribution < 1.29 is 22.3 Å². The fourth-order valence-electron chi connectivity index (χ4n) is 5.29. The summed E-state index contributed by atoms with van der Waals surface area (Å²) in [5, 5.41) is 12.8. The maximum atomic E-state index is 15.0. The van der Waals surface area contributed by atoms with Crippen molar-refractivity contribution >= 4 is 22.5 Å². The van der Waals surface area contributed by atoms with Crippen LogP contribution in [-0.4, -0.2) is 38.1 Å². The fraction of sp³-hybridized carbons (Fsp3) is 0.300. The third-order valence-corrected chi connectivity index (χ3v) is 7.33. The van der Waals surface area contributed by atoms with Crippen LogP contribution in [0.15, 0.2) is 48.7 Å². The van der Waals surface area contributed by atoms with E-state index in [1.54, 1.807) is 4.90 Å². The van der Waals surface area contributed by atoms with Gasteiger partial charge in [0.15, 0.2) is 17.5 Å². The molecule has 0 unspecified atom stereocenters. The summed E-state index contributed by atoms with van der Waals surface area (Å²) < 4.78 is 62.6. The van der Waals surface area contributed by atoms with Crippen molar-refractivity contribution in [1.29, 1.82) is 0 Å². The second-order valence-electron chi connectivity index (χ2n) is 10.9. The standard InChI is InChI=1S/C30H29F4N7O/c1-16(2)15-42-25-6-4-5-17(3)26(25)41-27(18-7-8-23-20(11-18)28(35)38-37-23)21-14-40(10-9-24(21)39-41)29-22(31)12-19(13-36-29)30(32,33)34/h4-8,11-13,16H,9-10,14-15H2,1-3H3,(H3,35,37,38). The molecule has 42 heavy (non-hydrogen) atoms. The van der Waals surface area contributed by atoms with Crippen LogP contribution < -0.4 is 15.4 Å². The molecule has 0 spiro atoms. The average molecular weight is 580 g/mol. The van der Waals surface area contributed by atoms with Gasteiger partial charge in [-0.05, 0) is 42.7 Å². The topological polar surface area (TPSA) is 97.9 Å². The Morgan fingerprint density at radius 2 is 1.95 bits per heavy atom. The number of aromatic nitrogens is 5. The number of H-pyrrole nitrogens is 1. The SMILES string of the molecule is Cc1cccc(OCC(C)C)c1-n1nc2c(c1-c1ccc3[nH]nc(N)c3c1)CN(c1ncc(C(F)(F)F)cc1F)CC2. The first-order valence-electron chi connectivity index (χ1n) is 13.6. The highest BCUT2D eigenvalue weighted by Crippen LogP contribution is 2.39. The Kier molecular flexibility index (Phi) is 6.78. The van der Waals surface area contributed by atoms with Crippen LogP contribution in [0.3, 0.4) is 0 Å². The van der Waals surface area contributed by atoms with E-state index in [1.807, 2.05) is 48.0 Å². The number of hydrogen-bond acceptors (Lipinski definition) is 6. The maximum absolute atomic E-state index is 15.0. The number of ether oxygens (including phenoxy) is 1. The van der Waals surface area contributed by atoms with Gasteiger partial charge in [-0.25, -0.2) is 14.1 Å². The molecule has 1 aliphatic rings. The van der Waals surface area contributed by atoms with Gasteiger partial charge in [0, 0.05) is 42.2 Å². The number of nitrogens with zero attached hydrogens (tertiary/aromatic N) is 5. The van der Waals surface area contributed by atoms with Crippen LogP contribution >= 0.6 is 0 Å². The van der Waals surface area contributed by atoms with Crippen molar-refractivity contribution in [2.24, 2.45) is 5.92 Å². The number of fused-ring (bicyclic) bond motifs is 2. The molecule has 3 aromatic heterocycles. The average Bonchev–Trinajstić information content (AvgIpc) is 3.50. The number of pyridine rings is 1. The first-order valence-corrected chi connectivity index (χ1v) is 13.6. The lowest BCUT2D eigenvalue weighted by Gasteiger charge is -2.28. The van der Waals surface area contributed by atoms with Crippen LogP contribution in [0.25, 0.3) is 27.8 Å². The predicted octanol–water partition coefficient (Wildman–Crippen LogP) is 6.46. The van der Waals surface area contributed by atoms with E-state index >= 15 is 4.39 Å². The second kappa shape index (κ2) is 10.3. The molecule has 3 N–H and O–H groups in total. The van der Waals surface area contributed by atoms with Crippen molar-refractivity contribution in [3.05, 3.63) is 76.9 Å². The van der Waals surface area contributed by atoms with Crippen LogP contribution in [-0.2, 0) is 19.1 Å². The molecule has 5 aromatic rings. The fourth-order valence-corrected chi connectivity index (χ4v) is 5.29. The number of aryl methyl sites for hydroxylation is 1. The number of rotatable bonds is 6. The smallest absolute Gasteiger partial charge is 0.417 e. The van der Waals surface area contributed by atoms with Crippen LogP contribution in [0.2, 0.25) is 0 Å². The monoisotopic (exact) mass is 579 g/mol. The van der Waals surface area contributed by atoms with E-state index in [2.05, 4.69) is 29.0 Å². The van der Waals surface area contributed by atoms with Gasteiger partial charge in [0.2, 0.25) is 0 Å². The van der Waals surface area contributed by atoms with Crippen molar-refractivity contribution in [2.75, 3.05) is 23.8 Å². The minimum atomic E-state index is -4.69. The Bertz CT molecular complexity index is 1790. The van der Waals surface area contributed by atoms with E-state index < -0.39 is 17.6 Å². The largest absolute Gasteiger partial charge is 0.491 e. The second-order valence-corrected chi connectivity index (χ2v) is 10.9. The first-order chi connectivity index (χ1) is 20.0. The van der Waals surface area contributed by atoms with E-state index in [1.165, 1.54) is 0 Å². The summed E-state index contributed by atoms with van der Waals surface area (Å²) in [4.78, 5) is 5.52. The van der Waals surface area contributed by atoms with Crippen molar-refractivity contribution in [3.8, 4) is 22.7 Å². The number of anilines is 2. The van der Waals surface area contributed by atoms with Gasteiger partial charge >= 0.3 is 6.18 Å². The Hall–Kier alpha value is -4.61. The molecule has 8 nitrogen and oxygen atoms in total. The zero-order chi connectivity index (χ0) is 29.8. The normalized spacial score (nSPS) is 13.7. The van der Waals surface area contributed by atoms with Gasteiger partial charge < -0.3 is 15.4 Å². The Morgan fingerprint density at radius 1 is 1.14 bits per heavy atom. The van der Waals surface area contributed by atoms with Crippen molar-refractivity contribution in [1.82, 2.24) is 25.0 Å². The third kappa shape index (κ3) is 4.90. The lowest BCUT2D eigenvalue weighted by Crippen LogP contribution is -2.32. The number of alkyl halides is 3. The van der Waals surface area contributed by atoms with Gasteiger partial charge in [-0.2, -0.15) is 23.4 Å². The lowest BCUT2D eigenvalue weighted by atomic mass is 9.99. The number of hydrogen-bond donors (Lipinski definition) is 2. The Labute approximate surface area is 239 Å². The number of nitrogens with two attached hydrogens (primary N) is 1. The molecule has 1 aliphatic heterocycles. The number of para-hydroxylation sites is 1. The molecule has 0 aliphatic carbocycles. The highest BCUT2D eigenvalue weighted by atomic mass is 19.4. The molecule has 12 heteroatoms. The van der Waals surface area contributed by atoms with Gasteiger partial charge in [-0.15, -0.1) is 0 Å². The summed E-state index contributed by atoms with van der Waals surface area (Å²) in [6.45, 7) is 7.15. The number of halogens is 4. The summed E-state index contributed by atoms with van der Waals surface area (Å²) in [5.41, 5.74) is 10.6. The molecule has 4 heterocycles. The van der Waals surface area contributed by atoms with Gasteiger partial charge in [-0.3, -0.25) is 5.10 Å². The molecule has 6 rings (SSSR count).